The standard InChI is InChI=1S/C13H21BrN/c1-4-15(5-2,6-3)11-12-7-9-13(14)10-8-12/h7-10H,4-6,11H2,1-3H3/q+1. The quantitative estimate of drug-likeness (QED) is 0.714. The maximum atomic E-state index is 3.47. The van der Waals surface area contributed by atoms with E-state index < -0.39 is 0 Å². The summed E-state index contributed by atoms with van der Waals surface area (Å²) in [7, 11) is 0. The molecule has 0 bridgehead atoms. The molecule has 2 heteroatoms. The van der Waals surface area contributed by atoms with Crippen molar-refractivity contribution in [3.05, 3.63) is 34.3 Å². The summed E-state index contributed by atoms with van der Waals surface area (Å²) in [5.74, 6) is 0. The van der Waals surface area contributed by atoms with E-state index in [0.29, 0.717) is 0 Å². The molecular weight excluding hydrogens is 250 g/mol. The average Bonchev–Trinajstić information content (AvgIpc) is 2.29. The predicted octanol–water partition coefficient (Wildman–Crippen LogP) is 3.83. The zero-order valence-corrected chi connectivity index (χ0v) is 11.5. The van der Waals surface area contributed by atoms with Crippen LogP contribution >= 0.6 is 15.9 Å². The van der Waals surface area contributed by atoms with E-state index in [1.54, 1.807) is 0 Å². The van der Waals surface area contributed by atoms with Crippen molar-refractivity contribution in [2.24, 2.45) is 0 Å². The second-order valence-corrected chi connectivity index (χ2v) is 4.99. The van der Waals surface area contributed by atoms with E-state index >= 15 is 0 Å². The molecule has 0 radical (unpaired) electrons. The minimum absolute atomic E-state index is 1.15. The third kappa shape index (κ3) is 3.32. The first-order valence-electron chi connectivity index (χ1n) is 5.75. The molecule has 0 fully saturated rings. The summed E-state index contributed by atoms with van der Waals surface area (Å²) in [6.07, 6.45) is 0. The predicted molar refractivity (Wildman–Crippen MR) is 69.7 cm³/mol. The van der Waals surface area contributed by atoms with Crippen molar-refractivity contribution in [3.63, 3.8) is 0 Å². The van der Waals surface area contributed by atoms with Crippen LogP contribution < -0.4 is 0 Å². The summed E-state index contributed by atoms with van der Waals surface area (Å²) in [4.78, 5) is 0. The zero-order chi connectivity index (χ0) is 11.3. The molecule has 0 aliphatic rings. The number of hydrogen-bond acceptors (Lipinski definition) is 0. The van der Waals surface area contributed by atoms with Gasteiger partial charge in [-0.3, -0.25) is 0 Å². The fourth-order valence-electron chi connectivity index (χ4n) is 1.98. The van der Waals surface area contributed by atoms with Gasteiger partial charge in [-0.25, -0.2) is 0 Å². The summed E-state index contributed by atoms with van der Waals surface area (Å²) in [5, 5.41) is 0. The largest absolute Gasteiger partial charge is 0.321 e. The van der Waals surface area contributed by atoms with Crippen LogP contribution in [-0.4, -0.2) is 24.1 Å². The number of quaternary nitrogens is 1. The van der Waals surface area contributed by atoms with Gasteiger partial charge in [-0.2, -0.15) is 0 Å². The van der Waals surface area contributed by atoms with Crippen molar-refractivity contribution in [1.29, 1.82) is 0 Å². The molecule has 0 amide bonds. The van der Waals surface area contributed by atoms with Gasteiger partial charge in [0.15, 0.2) is 0 Å². The molecule has 0 aliphatic heterocycles. The first-order valence-corrected chi connectivity index (χ1v) is 6.54. The number of rotatable bonds is 5. The minimum atomic E-state index is 1.15. The molecule has 84 valence electrons. The van der Waals surface area contributed by atoms with Crippen LogP contribution in [0, 0.1) is 0 Å². The Labute approximate surface area is 102 Å². The molecule has 0 saturated heterocycles. The van der Waals surface area contributed by atoms with Gasteiger partial charge in [-0.05, 0) is 32.9 Å². The Kier molecular flexibility index (Phi) is 4.81. The van der Waals surface area contributed by atoms with E-state index in [2.05, 4.69) is 61.0 Å². The molecule has 0 N–H and O–H groups in total. The lowest BCUT2D eigenvalue weighted by Crippen LogP contribution is -2.46. The van der Waals surface area contributed by atoms with Crippen molar-refractivity contribution in [2.45, 2.75) is 27.3 Å². The normalized spacial score (nSPS) is 11.7. The molecular formula is C13H21BrN+. The molecule has 15 heavy (non-hydrogen) atoms. The van der Waals surface area contributed by atoms with Crippen molar-refractivity contribution in [1.82, 2.24) is 0 Å². The molecule has 1 aromatic carbocycles. The fourth-order valence-corrected chi connectivity index (χ4v) is 2.25. The van der Waals surface area contributed by atoms with Crippen LogP contribution in [-0.2, 0) is 6.54 Å². The molecule has 1 nitrogen and oxygen atoms in total. The molecule has 0 atom stereocenters. The van der Waals surface area contributed by atoms with Crippen LogP contribution in [0.3, 0.4) is 0 Å². The second-order valence-electron chi connectivity index (χ2n) is 4.07. The molecule has 0 aliphatic carbocycles. The highest BCUT2D eigenvalue weighted by molar-refractivity contribution is 9.10. The number of benzene rings is 1. The molecule has 0 spiro atoms. The van der Waals surface area contributed by atoms with Gasteiger partial charge in [0.2, 0.25) is 0 Å². The summed E-state index contributed by atoms with van der Waals surface area (Å²) in [6, 6.07) is 8.70. The maximum absolute atomic E-state index is 3.47. The Hall–Kier alpha value is -0.340. The highest BCUT2D eigenvalue weighted by atomic mass is 79.9. The second kappa shape index (κ2) is 5.66. The van der Waals surface area contributed by atoms with Gasteiger partial charge in [0, 0.05) is 10.0 Å². The van der Waals surface area contributed by atoms with Gasteiger partial charge in [-0.1, -0.05) is 28.1 Å². The lowest BCUT2D eigenvalue weighted by atomic mass is 10.2. The summed E-state index contributed by atoms with van der Waals surface area (Å²) in [5.41, 5.74) is 1.43. The maximum Gasteiger partial charge on any atom is 0.104 e. The third-order valence-corrected chi connectivity index (χ3v) is 3.97. The molecule has 0 saturated carbocycles. The van der Waals surface area contributed by atoms with Crippen LogP contribution in [0.25, 0.3) is 0 Å². The van der Waals surface area contributed by atoms with Gasteiger partial charge in [0.25, 0.3) is 0 Å². The van der Waals surface area contributed by atoms with Crippen LogP contribution in [0.2, 0.25) is 0 Å². The average molecular weight is 271 g/mol. The van der Waals surface area contributed by atoms with Crippen LogP contribution in [0.15, 0.2) is 28.7 Å². The molecule has 1 rings (SSSR count). The van der Waals surface area contributed by atoms with E-state index in [9.17, 15) is 0 Å². The highest BCUT2D eigenvalue weighted by Crippen LogP contribution is 2.16. The first-order chi connectivity index (χ1) is 7.15. The first kappa shape index (κ1) is 12.7. The van der Waals surface area contributed by atoms with Crippen LogP contribution in [0.5, 0.6) is 0 Å². The molecule has 1 aromatic rings. The van der Waals surface area contributed by atoms with E-state index in [1.165, 1.54) is 29.7 Å². The minimum Gasteiger partial charge on any atom is -0.321 e. The molecule has 0 unspecified atom stereocenters. The summed E-state index contributed by atoms with van der Waals surface area (Å²) in [6.45, 7) is 11.6. The number of nitrogens with zero attached hydrogens (tertiary/aromatic N) is 1. The van der Waals surface area contributed by atoms with Crippen LogP contribution in [0.4, 0.5) is 0 Å². The zero-order valence-electron chi connectivity index (χ0n) is 9.96. The lowest BCUT2D eigenvalue weighted by molar-refractivity contribution is -0.936. The van der Waals surface area contributed by atoms with Crippen molar-refractivity contribution >= 4 is 15.9 Å². The Morgan fingerprint density at radius 1 is 0.933 bits per heavy atom. The van der Waals surface area contributed by atoms with Crippen molar-refractivity contribution in [2.75, 3.05) is 19.6 Å². The fraction of sp³-hybridized carbons (Fsp3) is 0.538. The van der Waals surface area contributed by atoms with Gasteiger partial charge in [0.05, 0.1) is 19.6 Å². The van der Waals surface area contributed by atoms with E-state index in [4.69, 9.17) is 0 Å². The van der Waals surface area contributed by atoms with Gasteiger partial charge >= 0.3 is 0 Å². The molecule has 0 heterocycles. The number of hydrogen-bond donors (Lipinski definition) is 0. The SMILES string of the molecule is CC[N+](CC)(CC)Cc1ccc(Br)cc1. The Morgan fingerprint density at radius 3 is 1.80 bits per heavy atom. The Morgan fingerprint density at radius 2 is 1.40 bits per heavy atom. The monoisotopic (exact) mass is 270 g/mol. The topological polar surface area (TPSA) is 0 Å². The Bertz CT molecular complexity index is 280. The van der Waals surface area contributed by atoms with E-state index in [1.807, 2.05) is 0 Å². The van der Waals surface area contributed by atoms with Crippen molar-refractivity contribution < 1.29 is 4.48 Å². The smallest absolute Gasteiger partial charge is 0.104 e. The van der Waals surface area contributed by atoms with Gasteiger partial charge < -0.3 is 4.48 Å². The van der Waals surface area contributed by atoms with Gasteiger partial charge in [-0.15, -0.1) is 0 Å². The Balaban J connectivity index is 2.78. The number of halogens is 1. The van der Waals surface area contributed by atoms with E-state index in [-0.39, 0.29) is 0 Å². The van der Waals surface area contributed by atoms with Crippen molar-refractivity contribution in [3.8, 4) is 0 Å². The lowest BCUT2D eigenvalue weighted by Gasteiger charge is -2.35. The highest BCUT2D eigenvalue weighted by Gasteiger charge is 2.20. The van der Waals surface area contributed by atoms with Crippen LogP contribution in [0.1, 0.15) is 26.3 Å². The summed E-state index contributed by atoms with van der Waals surface area (Å²) >= 11 is 3.47. The van der Waals surface area contributed by atoms with Gasteiger partial charge in [0.1, 0.15) is 6.54 Å². The molecule has 0 aromatic heterocycles. The van der Waals surface area contributed by atoms with E-state index in [0.717, 1.165) is 11.0 Å². The third-order valence-electron chi connectivity index (χ3n) is 3.44. The summed E-state index contributed by atoms with van der Waals surface area (Å²) < 4.78 is 2.34.